The first-order chi connectivity index (χ1) is 13.6. The number of benzene rings is 3. The van der Waals surface area contributed by atoms with Crippen LogP contribution in [0, 0.1) is 0 Å². The van der Waals surface area contributed by atoms with Crippen LogP contribution in [-0.4, -0.2) is 22.1 Å². The minimum absolute atomic E-state index is 0.0278. The van der Waals surface area contributed by atoms with Crippen molar-refractivity contribution in [2.75, 3.05) is 0 Å². The lowest BCUT2D eigenvalue weighted by atomic mass is 10.2. The minimum atomic E-state index is 0.0278. The largest absolute Gasteiger partial charge is 0.457 e. The van der Waals surface area contributed by atoms with Gasteiger partial charge in [-0.3, -0.25) is 0 Å². The third kappa shape index (κ3) is 4.50. The molecule has 3 aromatic carbocycles. The summed E-state index contributed by atoms with van der Waals surface area (Å²) in [5.74, 6) is 2.41. The quantitative estimate of drug-likeness (QED) is 0.224. The van der Waals surface area contributed by atoms with Crippen LogP contribution in [0.2, 0.25) is 0 Å². The van der Waals surface area contributed by atoms with Crippen LogP contribution in [0.4, 0.5) is 0 Å². The molecule has 0 saturated carbocycles. The van der Waals surface area contributed by atoms with E-state index in [1.54, 1.807) is 72.8 Å². The first kappa shape index (κ1) is 18.6. The Labute approximate surface area is 160 Å². The van der Waals surface area contributed by atoms with Gasteiger partial charge in [0, 0.05) is 17.2 Å². The molecule has 0 radical (unpaired) electrons. The van der Waals surface area contributed by atoms with Crippen LogP contribution in [0.25, 0.3) is 0 Å². The van der Waals surface area contributed by atoms with E-state index in [0.29, 0.717) is 34.1 Å². The third-order valence-electron chi connectivity index (χ3n) is 3.79. The average Bonchev–Trinajstić information content (AvgIpc) is 2.74. The summed E-state index contributed by atoms with van der Waals surface area (Å²) in [7, 11) is 0. The number of nitrogens with zero attached hydrogens (tertiary/aromatic N) is 2. The van der Waals surface area contributed by atoms with E-state index < -0.39 is 0 Å². The maximum atomic E-state index is 8.69. The minimum Gasteiger partial charge on any atom is -0.457 e. The first-order valence-electron chi connectivity index (χ1n) is 8.21. The van der Waals surface area contributed by atoms with Gasteiger partial charge in [-0.05, 0) is 60.7 Å². The molecule has 28 heavy (non-hydrogen) atoms. The predicted octanol–water partition coefficient (Wildman–Crippen LogP) is 3.46. The molecular formula is C20H18N4O4. The van der Waals surface area contributed by atoms with Crippen molar-refractivity contribution >= 4 is 11.7 Å². The highest BCUT2D eigenvalue weighted by Gasteiger charge is 2.05. The highest BCUT2D eigenvalue weighted by Crippen LogP contribution is 2.28. The fourth-order valence-electron chi connectivity index (χ4n) is 2.38. The Morgan fingerprint density at radius 2 is 1.00 bits per heavy atom. The SMILES string of the molecule is NC(=NO)c1ccc(Oc2cccc(Oc3ccc(C(N)=NO)cc3)c2)cc1. The van der Waals surface area contributed by atoms with Crippen LogP contribution < -0.4 is 20.9 Å². The highest BCUT2D eigenvalue weighted by molar-refractivity contribution is 5.97. The zero-order valence-electron chi connectivity index (χ0n) is 14.7. The van der Waals surface area contributed by atoms with E-state index in [-0.39, 0.29) is 11.7 Å². The molecule has 0 atom stereocenters. The number of oxime groups is 2. The summed E-state index contributed by atoms with van der Waals surface area (Å²) in [6.07, 6.45) is 0. The lowest BCUT2D eigenvalue weighted by Crippen LogP contribution is -2.12. The molecule has 3 rings (SSSR count). The Kier molecular flexibility index (Phi) is 5.61. The molecular weight excluding hydrogens is 360 g/mol. The Balaban J connectivity index is 1.70. The maximum absolute atomic E-state index is 8.69. The van der Waals surface area contributed by atoms with E-state index >= 15 is 0 Å². The van der Waals surface area contributed by atoms with Crippen LogP contribution in [0.3, 0.4) is 0 Å². The standard InChI is InChI=1S/C20H18N4O4/c21-19(23-25)13-4-8-15(9-5-13)27-17-2-1-3-18(12-17)28-16-10-6-14(7-11-16)20(22)24-26/h1-12,25-26H,(H2,21,23)(H2,22,24). The molecule has 0 aliphatic heterocycles. The van der Waals surface area contributed by atoms with Gasteiger partial charge in [-0.1, -0.05) is 16.4 Å². The summed E-state index contributed by atoms with van der Waals surface area (Å²) in [5.41, 5.74) is 12.3. The summed E-state index contributed by atoms with van der Waals surface area (Å²) in [4.78, 5) is 0. The van der Waals surface area contributed by atoms with Crippen molar-refractivity contribution in [1.29, 1.82) is 0 Å². The summed E-state index contributed by atoms with van der Waals surface area (Å²) in [6, 6.07) is 20.8. The van der Waals surface area contributed by atoms with E-state index in [2.05, 4.69) is 10.3 Å². The van der Waals surface area contributed by atoms with Crippen molar-refractivity contribution < 1.29 is 19.9 Å². The lowest BCUT2D eigenvalue weighted by molar-refractivity contribution is 0.318. The third-order valence-corrected chi connectivity index (χ3v) is 3.79. The molecule has 8 heteroatoms. The number of hydrogen-bond donors (Lipinski definition) is 4. The molecule has 0 aliphatic carbocycles. The van der Waals surface area contributed by atoms with Gasteiger partial charge in [0.2, 0.25) is 0 Å². The van der Waals surface area contributed by atoms with Gasteiger partial charge in [-0.25, -0.2) is 0 Å². The molecule has 0 aliphatic rings. The Bertz CT molecular complexity index is 921. The second-order valence-corrected chi connectivity index (χ2v) is 5.70. The van der Waals surface area contributed by atoms with Gasteiger partial charge in [0.15, 0.2) is 11.7 Å². The van der Waals surface area contributed by atoms with E-state index in [0.717, 1.165) is 0 Å². The summed E-state index contributed by atoms with van der Waals surface area (Å²) in [6.45, 7) is 0. The van der Waals surface area contributed by atoms with Crippen LogP contribution >= 0.6 is 0 Å². The second kappa shape index (κ2) is 8.45. The number of amidine groups is 2. The topological polar surface area (TPSA) is 136 Å². The molecule has 0 amide bonds. The van der Waals surface area contributed by atoms with Crippen LogP contribution in [0.1, 0.15) is 11.1 Å². The smallest absolute Gasteiger partial charge is 0.170 e. The van der Waals surface area contributed by atoms with Crippen molar-refractivity contribution in [3.05, 3.63) is 83.9 Å². The van der Waals surface area contributed by atoms with Crippen molar-refractivity contribution in [2.45, 2.75) is 0 Å². The normalized spacial score (nSPS) is 11.9. The molecule has 0 aromatic heterocycles. The fraction of sp³-hybridized carbons (Fsp3) is 0. The zero-order chi connectivity index (χ0) is 19.9. The molecule has 6 N–H and O–H groups in total. The predicted molar refractivity (Wildman–Crippen MR) is 104 cm³/mol. The van der Waals surface area contributed by atoms with Gasteiger partial charge in [0.1, 0.15) is 23.0 Å². The van der Waals surface area contributed by atoms with Crippen molar-refractivity contribution in [3.8, 4) is 23.0 Å². The Morgan fingerprint density at radius 3 is 1.36 bits per heavy atom. The van der Waals surface area contributed by atoms with Gasteiger partial charge in [-0.15, -0.1) is 0 Å². The molecule has 0 heterocycles. The second-order valence-electron chi connectivity index (χ2n) is 5.70. The average molecular weight is 378 g/mol. The molecule has 3 aromatic rings. The Hall–Kier alpha value is -4.20. The van der Waals surface area contributed by atoms with Crippen LogP contribution in [0.15, 0.2) is 83.1 Å². The molecule has 8 nitrogen and oxygen atoms in total. The first-order valence-corrected chi connectivity index (χ1v) is 8.21. The van der Waals surface area contributed by atoms with Gasteiger partial charge >= 0.3 is 0 Å². The van der Waals surface area contributed by atoms with Crippen LogP contribution in [0.5, 0.6) is 23.0 Å². The van der Waals surface area contributed by atoms with Crippen molar-refractivity contribution in [2.24, 2.45) is 21.8 Å². The number of hydrogen-bond acceptors (Lipinski definition) is 6. The van der Waals surface area contributed by atoms with E-state index in [4.69, 9.17) is 31.4 Å². The van der Waals surface area contributed by atoms with Crippen molar-refractivity contribution in [3.63, 3.8) is 0 Å². The zero-order valence-corrected chi connectivity index (χ0v) is 14.7. The molecule has 0 saturated heterocycles. The number of rotatable bonds is 6. The van der Waals surface area contributed by atoms with E-state index in [1.807, 2.05) is 0 Å². The summed E-state index contributed by atoms with van der Waals surface area (Å²) >= 11 is 0. The Morgan fingerprint density at radius 1 is 0.607 bits per heavy atom. The maximum Gasteiger partial charge on any atom is 0.170 e. The fourth-order valence-corrected chi connectivity index (χ4v) is 2.38. The van der Waals surface area contributed by atoms with Gasteiger partial charge in [-0.2, -0.15) is 0 Å². The lowest BCUT2D eigenvalue weighted by Gasteiger charge is -2.10. The number of nitrogens with two attached hydrogens (primary N) is 2. The number of ether oxygens (including phenoxy) is 2. The monoisotopic (exact) mass is 378 g/mol. The van der Waals surface area contributed by atoms with Gasteiger partial charge in [0.05, 0.1) is 0 Å². The van der Waals surface area contributed by atoms with Crippen molar-refractivity contribution in [1.82, 2.24) is 0 Å². The summed E-state index contributed by atoms with van der Waals surface area (Å²) in [5, 5.41) is 23.3. The van der Waals surface area contributed by atoms with E-state index in [1.165, 1.54) is 0 Å². The van der Waals surface area contributed by atoms with Gasteiger partial charge in [0.25, 0.3) is 0 Å². The van der Waals surface area contributed by atoms with Gasteiger partial charge < -0.3 is 31.4 Å². The molecule has 142 valence electrons. The molecule has 0 spiro atoms. The summed E-state index contributed by atoms with van der Waals surface area (Å²) < 4.78 is 11.6. The molecule has 0 bridgehead atoms. The highest BCUT2D eigenvalue weighted by atomic mass is 16.5. The molecule has 0 fully saturated rings. The van der Waals surface area contributed by atoms with E-state index in [9.17, 15) is 0 Å². The van der Waals surface area contributed by atoms with Crippen LogP contribution in [-0.2, 0) is 0 Å². The molecule has 0 unspecified atom stereocenters.